The van der Waals surface area contributed by atoms with Gasteiger partial charge in [0.2, 0.25) is 16.6 Å². The van der Waals surface area contributed by atoms with Crippen molar-refractivity contribution in [2.45, 2.75) is 4.90 Å². The first-order chi connectivity index (χ1) is 12.3. The number of rotatable bonds is 4. The van der Waals surface area contributed by atoms with Crippen LogP contribution < -0.4 is 9.47 Å². The average molecular weight is 393 g/mol. The van der Waals surface area contributed by atoms with Crippen LogP contribution in [-0.4, -0.2) is 20.1 Å². The summed E-state index contributed by atoms with van der Waals surface area (Å²) < 4.78 is 35.5. The highest BCUT2D eigenvalue weighted by molar-refractivity contribution is 7.95. The number of hydrogen-bond donors (Lipinski definition) is 0. The van der Waals surface area contributed by atoms with Gasteiger partial charge in [-0.25, -0.2) is 8.42 Å². The van der Waals surface area contributed by atoms with Gasteiger partial charge in [0.1, 0.15) is 11.0 Å². The highest BCUT2D eigenvalue weighted by Gasteiger charge is 2.26. The highest BCUT2D eigenvalue weighted by Crippen LogP contribution is 2.39. The maximum Gasteiger partial charge on any atom is 0.280 e. The summed E-state index contributed by atoms with van der Waals surface area (Å²) in [5.41, 5.74) is -0.498. The number of nitrogens with zero attached hydrogens (tertiary/aromatic N) is 2. The SMILES string of the molecule is N#C/C(=C/c1cc2c(cc1[N+](=O)[O-])OCO2)S(=O)(=O)c1ccc(Cl)cc1. The fourth-order valence-corrected chi connectivity index (χ4v) is 3.55. The Kier molecular flexibility index (Phi) is 4.54. The van der Waals surface area contributed by atoms with Gasteiger partial charge in [-0.1, -0.05) is 11.6 Å². The number of nitriles is 1. The zero-order valence-electron chi connectivity index (χ0n) is 12.9. The molecule has 1 aliphatic rings. The van der Waals surface area contributed by atoms with Crippen molar-refractivity contribution in [3.63, 3.8) is 0 Å². The van der Waals surface area contributed by atoms with Gasteiger partial charge in [-0.2, -0.15) is 5.26 Å². The summed E-state index contributed by atoms with van der Waals surface area (Å²) in [4.78, 5) is 9.78. The molecule has 0 radical (unpaired) electrons. The first kappa shape index (κ1) is 17.7. The topological polar surface area (TPSA) is 120 Å². The number of fused-ring (bicyclic) bond motifs is 1. The third-order valence-corrected chi connectivity index (χ3v) is 5.46. The molecular formula is C16H9ClN2O6S. The van der Waals surface area contributed by atoms with Gasteiger partial charge < -0.3 is 9.47 Å². The molecule has 0 aromatic heterocycles. The van der Waals surface area contributed by atoms with Crippen LogP contribution in [0.1, 0.15) is 5.56 Å². The average Bonchev–Trinajstić information content (AvgIpc) is 3.06. The molecule has 0 unspecified atom stereocenters. The molecule has 1 heterocycles. The maximum absolute atomic E-state index is 12.6. The summed E-state index contributed by atoms with van der Waals surface area (Å²) in [5.74, 6) is 0.399. The van der Waals surface area contributed by atoms with Crippen LogP contribution in [0.5, 0.6) is 11.5 Å². The molecule has 3 rings (SSSR count). The van der Waals surface area contributed by atoms with Crippen LogP contribution in [0.25, 0.3) is 6.08 Å². The molecule has 10 heteroatoms. The van der Waals surface area contributed by atoms with Crippen molar-refractivity contribution in [1.29, 1.82) is 5.26 Å². The maximum atomic E-state index is 12.6. The standard InChI is InChI=1S/C16H9ClN2O6S/c17-11-1-3-12(4-2-11)26(22,23)13(8-18)5-10-6-15-16(25-9-24-15)7-14(10)19(20)21/h1-7H,9H2/b13-5-. The minimum absolute atomic E-state index is 0.0895. The summed E-state index contributed by atoms with van der Waals surface area (Å²) in [6.45, 7) is -0.103. The lowest BCUT2D eigenvalue weighted by Crippen LogP contribution is -2.04. The van der Waals surface area contributed by atoms with Crippen LogP contribution in [0.4, 0.5) is 5.69 Å². The van der Waals surface area contributed by atoms with E-state index in [4.69, 9.17) is 21.1 Å². The molecule has 0 N–H and O–H groups in total. The van der Waals surface area contributed by atoms with E-state index >= 15 is 0 Å². The molecule has 0 saturated heterocycles. The van der Waals surface area contributed by atoms with Crippen molar-refractivity contribution in [3.05, 3.63) is 62.0 Å². The Morgan fingerprint density at radius 3 is 2.42 bits per heavy atom. The van der Waals surface area contributed by atoms with E-state index < -0.39 is 25.4 Å². The number of nitro benzene ring substituents is 1. The van der Waals surface area contributed by atoms with Gasteiger partial charge in [-0.05, 0) is 36.4 Å². The fraction of sp³-hybridized carbons (Fsp3) is 0.0625. The van der Waals surface area contributed by atoms with E-state index in [1.807, 2.05) is 0 Å². The summed E-state index contributed by atoms with van der Waals surface area (Å²) in [7, 11) is -4.18. The van der Waals surface area contributed by atoms with Crippen molar-refractivity contribution in [1.82, 2.24) is 0 Å². The summed E-state index contributed by atoms with van der Waals surface area (Å²) in [6.07, 6.45) is 0.935. The van der Waals surface area contributed by atoms with Gasteiger partial charge in [-0.3, -0.25) is 10.1 Å². The Hall–Kier alpha value is -3.09. The molecule has 0 saturated carbocycles. The second kappa shape index (κ2) is 6.67. The minimum Gasteiger partial charge on any atom is -0.454 e. The van der Waals surface area contributed by atoms with Crippen LogP contribution in [0.2, 0.25) is 5.02 Å². The summed E-state index contributed by atoms with van der Waals surface area (Å²) in [6, 6.07) is 9.19. The van der Waals surface area contributed by atoms with E-state index in [9.17, 15) is 23.8 Å². The largest absolute Gasteiger partial charge is 0.454 e. The molecule has 1 aliphatic heterocycles. The molecule has 0 spiro atoms. The molecule has 0 bridgehead atoms. The van der Waals surface area contributed by atoms with Crippen LogP contribution in [0.15, 0.2) is 46.2 Å². The number of hydrogen-bond acceptors (Lipinski definition) is 7. The molecular weight excluding hydrogens is 384 g/mol. The van der Waals surface area contributed by atoms with Gasteiger partial charge in [0, 0.05) is 5.02 Å². The highest BCUT2D eigenvalue weighted by atomic mass is 35.5. The molecule has 0 atom stereocenters. The monoisotopic (exact) mass is 392 g/mol. The van der Waals surface area contributed by atoms with Gasteiger partial charge in [0.15, 0.2) is 11.5 Å². The lowest BCUT2D eigenvalue weighted by molar-refractivity contribution is -0.385. The van der Waals surface area contributed by atoms with Crippen molar-refractivity contribution in [2.24, 2.45) is 0 Å². The summed E-state index contributed by atoms with van der Waals surface area (Å²) >= 11 is 5.74. The van der Waals surface area contributed by atoms with Gasteiger partial charge in [0.05, 0.1) is 21.4 Å². The lowest BCUT2D eigenvalue weighted by Gasteiger charge is -2.05. The van der Waals surface area contributed by atoms with Crippen molar-refractivity contribution in [3.8, 4) is 17.6 Å². The van der Waals surface area contributed by atoms with E-state index in [0.29, 0.717) is 5.02 Å². The second-order valence-electron chi connectivity index (χ2n) is 5.10. The molecule has 2 aromatic rings. The molecule has 0 fully saturated rings. The van der Waals surface area contributed by atoms with Crippen molar-refractivity contribution < 1.29 is 22.8 Å². The quantitative estimate of drug-likeness (QED) is 0.444. The summed E-state index contributed by atoms with van der Waals surface area (Å²) in [5, 5.41) is 20.9. The van der Waals surface area contributed by atoms with Crippen LogP contribution in [0, 0.1) is 21.4 Å². The van der Waals surface area contributed by atoms with Gasteiger partial charge in [0.25, 0.3) is 5.69 Å². The van der Waals surface area contributed by atoms with Crippen LogP contribution >= 0.6 is 11.6 Å². The van der Waals surface area contributed by atoms with Crippen LogP contribution in [-0.2, 0) is 9.84 Å². The Labute approximate surface area is 152 Å². The number of halogens is 1. The smallest absolute Gasteiger partial charge is 0.280 e. The van der Waals surface area contributed by atoms with E-state index in [1.165, 1.54) is 30.3 Å². The van der Waals surface area contributed by atoms with Gasteiger partial charge in [-0.15, -0.1) is 0 Å². The molecule has 26 heavy (non-hydrogen) atoms. The Balaban J connectivity index is 2.14. The lowest BCUT2D eigenvalue weighted by atomic mass is 10.1. The van der Waals surface area contributed by atoms with Crippen LogP contribution in [0.3, 0.4) is 0 Å². The van der Waals surface area contributed by atoms with Gasteiger partial charge >= 0.3 is 0 Å². The number of ether oxygens (including phenoxy) is 2. The van der Waals surface area contributed by atoms with E-state index in [-0.39, 0.29) is 28.8 Å². The Bertz CT molecular complexity index is 1070. The normalized spacial score (nSPS) is 13.3. The van der Waals surface area contributed by atoms with Crippen molar-refractivity contribution in [2.75, 3.05) is 6.79 Å². The first-order valence-corrected chi connectivity index (χ1v) is 8.89. The first-order valence-electron chi connectivity index (χ1n) is 7.03. The number of allylic oxidation sites excluding steroid dienone is 1. The third kappa shape index (κ3) is 3.20. The number of nitro groups is 1. The predicted molar refractivity (Wildman–Crippen MR) is 91.4 cm³/mol. The number of sulfone groups is 1. The number of benzene rings is 2. The molecule has 8 nitrogen and oxygen atoms in total. The molecule has 132 valence electrons. The fourth-order valence-electron chi connectivity index (χ4n) is 2.27. The Morgan fingerprint density at radius 1 is 1.23 bits per heavy atom. The third-order valence-electron chi connectivity index (χ3n) is 3.53. The minimum atomic E-state index is -4.18. The van der Waals surface area contributed by atoms with E-state index in [0.717, 1.165) is 12.1 Å². The second-order valence-corrected chi connectivity index (χ2v) is 7.45. The predicted octanol–water partition coefficient (Wildman–Crippen LogP) is 3.32. The van der Waals surface area contributed by atoms with Crippen molar-refractivity contribution >= 4 is 33.2 Å². The van der Waals surface area contributed by atoms with E-state index in [2.05, 4.69) is 0 Å². The molecule has 0 amide bonds. The molecule has 2 aromatic carbocycles. The zero-order valence-corrected chi connectivity index (χ0v) is 14.5. The zero-order chi connectivity index (χ0) is 18.9. The van der Waals surface area contributed by atoms with E-state index in [1.54, 1.807) is 6.07 Å². The molecule has 0 aliphatic carbocycles. The Morgan fingerprint density at radius 2 is 1.85 bits per heavy atom.